The first-order valence-corrected chi connectivity index (χ1v) is 13.8. The zero-order valence-electron chi connectivity index (χ0n) is 19.1. The highest BCUT2D eigenvalue weighted by molar-refractivity contribution is 14.1. The molecule has 1 aromatic heterocycles. The number of carbonyl (C=O) groups excluding carboxylic acids is 2. The highest BCUT2D eigenvalue weighted by Gasteiger charge is 2.34. The zero-order valence-corrected chi connectivity index (χ0v) is 22.1. The van der Waals surface area contributed by atoms with Crippen LogP contribution in [0, 0.1) is 15.4 Å². The first-order valence-electron chi connectivity index (χ1n) is 11.2. The van der Waals surface area contributed by atoms with Crippen LogP contribution in [0.3, 0.4) is 0 Å². The van der Waals surface area contributed by atoms with Crippen LogP contribution in [0.25, 0.3) is 0 Å². The summed E-state index contributed by atoms with van der Waals surface area (Å²) in [6.45, 7) is 0.394. The van der Waals surface area contributed by atoms with E-state index in [1.54, 1.807) is 64.9 Å². The van der Waals surface area contributed by atoms with Crippen LogP contribution in [0.1, 0.15) is 30.5 Å². The van der Waals surface area contributed by atoms with Crippen molar-refractivity contribution >= 4 is 50.1 Å². The Kier molecular flexibility index (Phi) is 8.33. The number of nitrogens with one attached hydrogen (secondary N) is 3. The average molecular weight is 624 g/mol. The van der Waals surface area contributed by atoms with Gasteiger partial charge in [-0.15, -0.1) is 5.10 Å². The summed E-state index contributed by atoms with van der Waals surface area (Å²) in [5.41, 5.74) is 3.45. The largest absolute Gasteiger partial charge is 0.325 e. The molecule has 4 N–H and O–H groups in total. The van der Waals surface area contributed by atoms with Crippen molar-refractivity contribution in [3.05, 3.63) is 69.6 Å². The van der Waals surface area contributed by atoms with E-state index in [0.717, 1.165) is 22.0 Å². The van der Waals surface area contributed by atoms with Gasteiger partial charge in [-0.3, -0.25) is 14.8 Å². The molecule has 36 heavy (non-hydrogen) atoms. The topological polar surface area (TPSA) is 155 Å². The Bertz CT molecular complexity index is 1320. The second-order valence-electron chi connectivity index (χ2n) is 8.58. The first kappa shape index (κ1) is 26.2. The van der Waals surface area contributed by atoms with Gasteiger partial charge in [0, 0.05) is 9.26 Å². The predicted octanol–water partition coefficient (Wildman–Crippen LogP) is 2.27. The lowest BCUT2D eigenvalue weighted by molar-refractivity contribution is -0.139. The van der Waals surface area contributed by atoms with E-state index in [0.29, 0.717) is 30.3 Å². The monoisotopic (exact) mass is 624 g/mol. The smallest absolute Gasteiger partial charge is 0.255 e. The minimum atomic E-state index is -3.66. The number of hydroxylamine groups is 1. The summed E-state index contributed by atoms with van der Waals surface area (Å²) in [5, 5.41) is 19.7. The number of amides is 2. The standard InChI is InChI=1S/C23H25IN6O5S/c24-17-5-9-20(10-6-17)36(34,35)25-12-19-14-30(29-27-19)13-16-3-7-18(8-4-16)26-22(31)21(23(32)28-33)11-15-1-2-15/h3-10,14-15,21,25,33H,1-2,11-13H2,(H,26,31)(H,28,32). The van der Waals surface area contributed by atoms with E-state index in [1.165, 1.54) is 0 Å². The van der Waals surface area contributed by atoms with Crippen LogP contribution >= 0.6 is 22.6 Å². The SMILES string of the molecule is O=C(NO)C(CC1CC1)C(=O)Nc1ccc(Cn2cc(CNS(=O)(=O)c3ccc(I)cc3)nn2)cc1. The van der Waals surface area contributed by atoms with Gasteiger partial charge in [0.1, 0.15) is 5.92 Å². The Balaban J connectivity index is 1.31. The third-order valence-electron chi connectivity index (χ3n) is 5.73. The van der Waals surface area contributed by atoms with Crippen LogP contribution in [0.5, 0.6) is 0 Å². The number of hydrogen-bond acceptors (Lipinski definition) is 7. The van der Waals surface area contributed by atoms with Gasteiger partial charge in [0.2, 0.25) is 15.9 Å². The van der Waals surface area contributed by atoms with Gasteiger partial charge in [-0.1, -0.05) is 30.2 Å². The molecule has 4 rings (SSSR count). The van der Waals surface area contributed by atoms with Crippen LogP contribution in [-0.2, 0) is 32.7 Å². The molecule has 1 fully saturated rings. The van der Waals surface area contributed by atoms with Gasteiger partial charge in [-0.05, 0) is 76.9 Å². The number of rotatable bonds is 11. The van der Waals surface area contributed by atoms with E-state index in [-0.39, 0.29) is 11.4 Å². The van der Waals surface area contributed by atoms with E-state index < -0.39 is 27.8 Å². The molecule has 0 bridgehead atoms. The van der Waals surface area contributed by atoms with Crippen molar-refractivity contribution in [1.29, 1.82) is 0 Å². The van der Waals surface area contributed by atoms with Crippen LogP contribution in [0.15, 0.2) is 59.6 Å². The molecule has 1 aliphatic rings. The molecule has 2 amide bonds. The fraction of sp³-hybridized carbons (Fsp3) is 0.304. The summed E-state index contributed by atoms with van der Waals surface area (Å²) in [6.07, 6.45) is 4.03. The van der Waals surface area contributed by atoms with Crippen molar-refractivity contribution in [3.63, 3.8) is 0 Å². The minimum absolute atomic E-state index is 0.00271. The van der Waals surface area contributed by atoms with E-state index in [9.17, 15) is 18.0 Å². The lowest BCUT2D eigenvalue weighted by Gasteiger charge is -2.14. The Labute approximate surface area is 221 Å². The Morgan fingerprint density at radius 3 is 2.42 bits per heavy atom. The normalized spacial score (nSPS) is 14.3. The third kappa shape index (κ3) is 7.09. The fourth-order valence-corrected chi connectivity index (χ4v) is 4.93. The molecule has 0 aliphatic heterocycles. The van der Waals surface area contributed by atoms with Gasteiger partial charge in [0.25, 0.3) is 5.91 Å². The van der Waals surface area contributed by atoms with Crippen molar-refractivity contribution in [2.45, 2.75) is 37.2 Å². The van der Waals surface area contributed by atoms with Gasteiger partial charge in [-0.25, -0.2) is 23.3 Å². The summed E-state index contributed by atoms with van der Waals surface area (Å²) < 4.78 is 29.9. The maximum atomic E-state index is 12.5. The van der Waals surface area contributed by atoms with Crippen molar-refractivity contribution < 1.29 is 23.2 Å². The Morgan fingerprint density at radius 2 is 1.78 bits per heavy atom. The number of hydrogen-bond donors (Lipinski definition) is 4. The van der Waals surface area contributed by atoms with Crippen molar-refractivity contribution in [1.82, 2.24) is 25.2 Å². The molecule has 0 saturated heterocycles. The molecule has 0 spiro atoms. The Morgan fingerprint density at radius 1 is 1.08 bits per heavy atom. The minimum Gasteiger partial charge on any atom is -0.325 e. The molecule has 190 valence electrons. The number of anilines is 1. The van der Waals surface area contributed by atoms with E-state index in [4.69, 9.17) is 5.21 Å². The molecular weight excluding hydrogens is 599 g/mol. The van der Waals surface area contributed by atoms with Gasteiger partial charge in [-0.2, -0.15) is 0 Å². The van der Waals surface area contributed by atoms with Crippen LogP contribution in [0.2, 0.25) is 0 Å². The molecule has 2 aromatic carbocycles. The number of benzene rings is 2. The molecule has 13 heteroatoms. The maximum absolute atomic E-state index is 12.5. The summed E-state index contributed by atoms with van der Waals surface area (Å²) in [6, 6.07) is 13.6. The van der Waals surface area contributed by atoms with Gasteiger partial charge in [0.05, 0.1) is 29.9 Å². The van der Waals surface area contributed by atoms with E-state index in [2.05, 4.69) is 42.9 Å². The van der Waals surface area contributed by atoms with Gasteiger partial charge < -0.3 is 5.32 Å². The molecule has 3 aromatic rings. The predicted molar refractivity (Wildman–Crippen MR) is 138 cm³/mol. The molecule has 1 saturated carbocycles. The lowest BCUT2D eigenvalue weighted by atomic mass is 10.0. The van der Waals surface area contributed by atoms with Crippen molar-refractivity contribution in [2.75, 3.05) is 5.32 Å². The fourth-order valence-electron chi connectivity index (χ4n) is 3.57. The Hall–Kier alpha value is -2.88. The highest BCUT2D eigenvalue weighted by Crippen LogP contribution is 2.35. The summed E-state index contributed by atoms with van der Waals surface area (Å²) in [4.78, 5) is 24.6. The van der Waals surface area contributed by atoms with E-state index in [1.807, 2.05) is 0 Å². The van der Waals surface area contributed by atoms with Crippen molar-refractivity contribution in [3.8, 4) is 0 Å². The highest BCUT2D eigenvalue weighted by atomic mass is 127. The van der Waals surface area contributed by atoms with Crippen molar-refractivity contribution in [2.24, 2.45) is 11.8 Å². The number of aromatic nitrogens is 3. The number of carbonyl (C=O) groups is 2. The summed E-state index contributed by atoms with van der Waals surface area (Å²) in [5.74, 6) is -1.78. The van der Waals surface area contributed by atoms with Gasteiger partial charge >= 0.3 is 0 Å². The second kappa shape index (κ2) is 11.5. The average Bonchev–Trinajstić information content (AvgIpc) is 3.58. The molecule has 11 nitrogen and oxygen atoms in total. The molecule has 1 unspecified atom stereocenters. The van der Waals surface area contributed by atoms with Crippen LogP contribution < -0.4 is 15.5 Å². The van der Waals surface area contributed by atoms with Crippen LogP contribution in [-0.4, -0.2) is 40.4 Å². The van der Waals surface area contributed by atoms with Gasteiger partial charge in [0.15, 0.2) is 0 Å². The number of sulfonamides is 1. The third-order valence-corrected chi connectivity index (χ3v) is 7.86. The van der Waals surface area contributed by atoms with Crippen LogP contribution in [0.4, 0.5) is 5.69 Å². The molecule has 1 aliphatic carbocycles. The maximum Gasteiger partial charge on any atom is 0.255 e. The summed E-state index contributed by atoms with van der Waals surface area (Å²) in [7, 11) is -3.66. The quantitative estimate of drug-likeness (QED) is 0.110. The number of nitrogens with zero attached hydrogens (tertiary/aromatic N) is 3. The van der Waals surface area contributed by atoms with E-state index >= 15 is 0 Å². The first-order chi connectivity index (χ1) is 17.2. The molecule has 1 atom stereocenters. The lowest BCUT2D eigenvalue weighted by Crippen LogP contribution is -2.37. The molecule has 1 heterocycles. The second-order valence-corrected chi connectivity index (χ2v) is 11.6. The molecular formula is C23H25IN6O5S. The molecule has 0 radical (unpaired) electrons. The zero-order chi connectivity index (χ0) is 25.7. The number of halogens is 1. The summed E-state index contributed by atoms with van der Waals surface area (Å²) >= 11 is 2.11.